The molecule has 0 saturated carbocycles. The second-order valence-corrected chi connectivity index (χ2v) is 1.45. The Morgan fingerprint density at radius 2 is 2.50 bits per heavy atom. The molecule has 0 amide bonds. The first kappa shape index (κ1) is 3.65. The molecule has 1 aliphatic heterocycles. The summed E-state index contributed by atoms with van der Waals surface area (Å²) in [4.78, 5) is 0. The quantitative estimate of drug-likeness (QED) is 0.404. The van der Waals surface area contributed by atoms with E-state index in [-0.39, 0.29) is 0 Å². The second-order valence-electron chi connectivity index (χ2n) is 1.45. The molecule has 33 valence electrons. The van der Waals surface area contributed by atoms with E-state index in [2.05, 4.69) is 10.5 Å². The molecule has 1 radical (unpaired) electrons. The molecule has 0 bridgehead atoms. The van der Waals surface area contributed by atoms with Crippen LogP contribution in [-0.4, -0.2) is 12.3 Å². The Bertz CT molecular complexity index is 75.6. The van der Waals surface area contributed by atoms with Crippen molar-refractivity contribution in [3.8, 4) is 0 Å². The maximum atomic E-state index is 3.78. The lowest BCUT2D eigenvalue weighted by atomic mass is 10.3. The summed E-state index contributed by atoms with van der Waals surface area (Å²) in [6, 6.07) is 0. The zero-order valence-electron chi connectivity index (χ0n) is 3.81. The van der Waals surface area contributed by atoms with Crippen LogP contribution in [0.5, 0.6) is 0 Å². The van der Waals surface area contributed by atoms with Crippen LogP contribution >= 0.6 is 0 Å². The van der Waals surface area contributed by atoms with Gasteiger partial charge >= 0.3 is 0 Å². The molecule has 0 N–H and O–H groups in total. The number of rotatable bonds is 0. The highest BCUT2D eigenvalue weighted by Gasteiger charge is 1.97. The minimum Gasteiger partial charge on any atom is -0.189 e. The van der Waals surface area contributed by atoms with E-state index >= 15 is 0 Å². The topological polar surface area (TPSA) is 26.5 Å². The smallest absolute Gasteiger partial charge is 0.0655 e. The molecular formula is C4H7N2. The Morgan fingerprint density at radius 1 is 1.67 bits per heavy atom. The van der Waals surface area contributed by atoms with Crippen molar-refractivity contribution in [2.45, 2.75) is 13.3 Å². The second kappa shape index (κ2) is 1.29. The molecule has 0 aromatic rings. The largest absolute Gasteiger partial charge is 0.189 e. The van der Waals surface area contributed by atoms with E-state index in [1.54, 1.807) is 0 Å². The Labute approximate surface area is 37.2 Å². The lowest BCUT2D eigenvalue weighted by Crippen LogP contribution is -1.87. The highest BCUT2D eigenvalue weighted by molar-refractivity contribution is 5.82. The molecule has 0 aromatic heterocycles. The van der Waals surface area contributed by atoms with Gasteiger partial charge in [0.1, 0.15) is 0 Å². The molecule has 2 heteroatoms. The molecule has 0 saturated heterocycles. The fourth-order valence-corrected chi connectivity index (χ4v) is 0.433. The van der Waals surface area contributed by atoms with Crippen molar-refractivity contribution in [3.05, 3.63) is 0 Å². The van der Waals surface area contributed by atoms with Gasteiger partial charge in [0.2, 0.25) is 0 Å². The van der Waals surface area contributed by atoms with E-state index < -0.39 is 0 Å². The van der Waals surface area contributed by atoms with Crippen molar-refractivity contribution in [3.63, 3.8) is 0 Å². The van der Waals surface area contributed by atoms with Gasteiger partial charge in [0.25, 0.3) is 0 Å². The summed E-state index contributed by atoms with van der Waals surface area (Å²) in [6.07, 6.45) is 1.07. The van der Waals surface area contributed by atoms with Gasteiger partial charge in [-0.1, -0.05) is 0 Å². The molecule has 2 nitrogen and oxygen atoms in total. The maximum Gasteiger partial charge on any atom is 0.0655 e. The predicted molar refractivity (Wildman–Crippen MR) is 24.7 cm³/mol. The summed E-state index contributed by atoms with van der Waals surface area (Å²) in [6.45, 7) is 2.91. The summed E-state index contributed by atoms with van der Waals surface area (Å²) in [5, 5.41) is 3.78. The summed E-state index contributed by atoms with van der Waals surface area (Å²) >= 11 is 0. The van der Waals surface area contributed by atoms with Crippen LogP contribution in [0.15, 0.2) is 5.10 Å². The third-order valence-corrected chi connectivity index (χ3v) is 0.815. The van der Waals surface area contributed by atoms with Crippen molar-refractivity contribution in [2.24, 2.45) is 5.10 Å². The monoisotopic (exact) mass is 83.1 g/mol. The average Bonchev–Trinajstić information content (AvgIpc) is 1.86. The molecule has 6 heavy (non-hydrogen) atoms. The lowest BCUT2D eigenvalue weighted by Gasteiger charge is -1.72. The van der Waals surface area contributed by atoms with Crippen LogP contribution in [0.3, 0.4) is 0 Å². The van der Waals surface area contributed by atoms with Gasteiger partial charge in [-0.2, -0.15) is 10.5 Å². The van der Waals surface area contributed by atoms with Crippen molar-refractivity contribution < 1.29 is 0 Å². The van der Waals surface area contributed by atoms with E-state index in [9.17, 15) is 0 Å². The van der Waals surface area contributed by atoms with Crippen LogP contribution in [0.25, 0.3) is 0 Å². The first-order valence-corrected chi connectivity index (χ1v) is 2.09. The first-order valence-electron chi connectivity index (χ1n) is 2.09. The summed E-state index contributed by atoms with van der Waals surface area (Å²) in [5.41, 5.74) is 4.91. The predicted octanol–water partition coefficient (Wildman–Crippen LogP) is 0.370. The number of hydrogen-bond donors (Lipinski definition) is 0. The molecule has 1 heterocycles. The normalized spacial score (nSPS) is 19.8. The zero-order valence-corrected chi connectivity index (χ0v) is 3.81. The van der Waals surface area contributed by atoms with Gasteiger partial charge in [-0.05, 0) is 6.92 Å². The van der Waals surface area contributed by atoms with E-state index in [1.807, 2.05) is 6.92 Å². The molecule has 0 aliphatic carbocycles. The third kappa shape index (κ3) is 0.506. The van der Waals surface area contributed by atoms with Crippen molar-refractivity contribution in [2.75, 3.05) is 6.54 Å². The van der Waals surface area contributed by atoms with Gasteiger partial charge < -0.3 is 0 Å². The fourth-order valence-electron chi connectivity index (χ4n) is 0.433. The molecule has 0 aromatic carbocycles. The maximum absolute atomic E-state index is 3.78. The van der Waals surface area contributed by atoms with Crippen molar-refractivity contribution in [1.29, 1.82) is 0 Å². The Morgan fingerprint density at radius 3 is 2.67 bits per heavy atom. The van der Waals surface area contributed by atoms with E-state index in [1.165, 1.54) is 0 Å². The van der Waals surface area contributed by atoms with Crippen molar-refractivity contribution in [1.82, 2.24) is 5.43 Å². The standard InChI is InChI=1S/C4H7N2/c1-4-2-3-5-6-4/h2-3H2,1H3. The van der Waals surface area contributed by atoms with Gasteiger partial charge in [0, 0.05) is 12.1 Å². The van der Waals surface area contributed by atoms with Crippen LogP contribution in [0.2, 0.25) is 0 Å². The van der Waals surface area contributed by atoms with Gasteiger partial charge in [-0.3, -0.25) is 0 Å². The SMILES string of the molecule is CC1=N[N]CC1. The van der Waals surface area contributed by atoms with Crippen molar-refractivity contribution >= 4 is 5.71 Å². The molecule has 0 unspecified atom stereocenters. The van der Waals surface area contributed by atoms with Crippen LogP contribution < -0.4 is 5.43 Å². The van der Waals surface area contributed by atoms with E-state index in [0.717, 1.165) is 18.7 Å². The number of nitrogens with zero attached hydrogens (tertiary/aromatic N) is 2. The van der Waals surface area contributed by atoms with Crippen LogP contribution in [0.4, 0.5) is 0 Å². The Hall–Kier alpha value is -0.530. The Balaban J connectivity index is 2.45. The molecule has 0 atom stereocenters. The van der Waals surface area contributed by atoms with Gasteiger partial charge in [0.15, 0.2) is 0 Å². The molecule has 0 fully saturated rings. The average molecular weight is 83.1 g/mol. The lowest BCUT2D eigenvalue weighted by molar-refractivity contribution is 0.795. The first-order chi connectivity index (χ1) is 2.89. The molecule has 0 spiro atoms. The summed E-state index contributed by atoms with van der Waals surface area (Å²) in [5.74, 6) is 0. The van der Waals surface area contributed by atoms with Gasteiger partial charge in [0.05, 0.1) is 6.54 Å². The minimum absolute atomic E-state index is 0.909. The number of hydrogen-bond acceptors (Lipinski definition) is 1. The highest BCUT2D eigenvalue weighted by atomic mass is 15.3. The molecule has 1 rings (SSSR count). The zero-order chi connectivity index (χ0) is 4.41. The summed E-state index contributed by atoms with van der Waals surface area (Å²) in [7, 11) is 0. The van der Waals surface area contributed by atoms with Gasteiger partial charge in [-0.15, -0.1) is 0 Å². The van der Waals surface area contributed by atoms with E-state index in [0.29, 0.717) is 0 Å². The Kier molecular flexibility index (Phi) is 0.783. The summed E-state index contributed by atoms with van der Waals surface area (Å²) < 4.78 is 0. The van der Waals surface area contributed by atoms with E-state index in [4.69, 9.17) is 0 Å². The van der Waals surface area contributed by atoms with Crippen LogP contribution in [0, 0.1) is 0 Å². The van der Waals surface area contributed by atoms with Crippen LogP contribution in [0.1, 0.15) is 13.3 Å². The molecule has 1 aliphatic rings. The van der Waals surface area contributed by atoms with Crippen LogP contribution in [-0.2, 0) is 0 Å². The fraction of sp³-hybridized carbons (Fsp3) is 0.750. The highest BCUT2D eigenvalue weighted by Crippen LogP contribution is 1.90. The van der Waals surface area contributed by atoms with Gasteiger partial charge in [-0.25, -0.2) is 0 Å². The minimum atomic E-state index is 0.909. The molecular weight excluding hydrogens is 76.1 g/mol. The third-order valence-electron chi connectivity index (χ3n) is 0.815.